The molecule has 0 atom stereocenters. The van der Waals surface area contributed by atoms with Crippen LogP contribution in [0.1, 0.15) is 68.8 Å². The van der Waals surface area contributed by atoms with Gasteiger partial charge in [-0.1, -0.05) is 31.9 Å². The molecule has 3 amide bonds. The number of piperidine rings is 1. The number of ether oxygens (including phenoxy) is 3. The summed E-state index contributed by atoms with van der Waals surface area (Å²) in [4.78, 5) is 27.9. The van der Waals surface area contributed by atoms with Gasteiger partial charge in [0, 0.05) is 61.4 Å². The number of methoxy groups -OCH3 is 1. The summed E-state index contributed by atoms with van der Waals surface area (Å²) in [5.41, 5.74) is 2.54. The van der Waals surface area contributed by atoms with Crippen LogP contribution >= 0.6 is 0 Å². The monoisotopic (exact) mass is 602 g/mol. The average Bonchev–Trinajstić information content (AvgIpc) is 3.01. The number of likely N-dealkylation sites (tertiary alicyclic amines) is 1. The average molecular weight is 603 g/mol. The van der Waals surface area contributed by atoms with Gasteiger partial charge in [0.1, 0.15) is 23.4 Å². The Balaban J connectivity index is 1.36. The highest BCUT2D eigenvalue weighted by molar-refractivity contribution is 6.04. The number of anilines is 2. The van der Waals surface area contributed by atoms with Gasteiger partial charge in [0.05, 0.1) is 6.61 Å². The van der Waals surface area contributed by atoms with Crippen molar-refractivity contribution in [2.75, 3.05) is 37.4 Å². The summed E-state index contributed by atoms with van der Waals surface area (Å²) in [6.07, 6.45) is 5.22. The molecule has 3 aromatic rings. The van der Waals surface area contributed by atoms with Crippen LogP contribution in [0.15, 0.2) is 66.7 Å². The highest BCUT2D eigenvalue weighted by Gasteiger charge is 2.22. The van der Waals surface area contributed by atoms with Crippen molar-refractivity contribution in [3.8, 4) is 17.2 Å². The van der Waals surface area contributed by atoms with Crippen molar-refractivity contribution in [2.24, 2.45) is 0 Å². The summed E-state index contributed by atoms with van der Waals surface area (Å²) >= 11 is 0. The number of benzene rings is 3. The van der Waals surface area contributed by atoms with Crippen LogP contribution in [0.3, 0.4) is 0 Å². The van der Waals surface area contributed by atoms with E-state index >= 15 is 0 Å². The van der Waals surface area contributed by atoms with Gasteiger partial charge in [-0.2, -0.15) is 0 Å². The Morgan fingerprint density at radius 1 is 0.909 bits per heavy atom. The van der Waals surface area contributed by atoms with Gasteiger partial charge in [0.15, 0.2) is 0 Å². The molecule has 236 valence electrons. The SMILES string of the molecule is CCCCCNC(=O)Nc1cccc(Oc2ccc(NC(=O)c3cccc(OC4CCN(C(C)C)CC4)c3)cc2COC)c1. The maximum absolute atomic E-state index is 13.2. The second-order valence-electron chi connectivity index (χ2n) is 11.4. The Morgan fingerprint density at radius 2 is 1.66 bits per heavy atom. The number of amides is 3. The van der Waals surface area contributed by atoms with Gasteiger partial charge in [0.2, 0.25) is 0 Å². The van der Waals surface area contributed by atoms with Crippen LogP contribution in [-0.4, -0.2) is 55.7 Å². The predicted octanol–water partition coefficient (Wildman–Crippen LogP) is 7.44. The predicted molar refractivity (Wildman–Crippen MR) is 175 cm³/mol. The molecule has 9 heteroatoms. The first-order valence-electron chi connectivity index (χ1n) is 15.6. The zero-order chi connectivity index (χ0) is 31.3. The molecule has 9 nitrogen and oxygen atoms in total. The fraction of sp³-hybridized carbons (Fsp3) is 0.429. The fourth-order valence-electron chi connectivity index (χ4n) is 5.16. The maximum Gasteiger partial charge on any atom is 0.319 e. The summed E-state index contributed by atoms with van der Waals surface area (Å²) in [6, 6.07) is 20.3. The van der Waals surface area contributed by atoms with E-state index in [1.807, 2.05) is 36.4 Å². The molecule has 1 aliphatic rings. The lowest BCUT2D eigenvalue weighted by atomic mass is 10.1. The van der Waals surface area contributed by atoms with Gasteiger partial charge < -0.3 is 35.1 Å². The first kappa shape index (κ1) is 32.8. The van der Waals surface area contributed by atoms with Crippen LogP contribution in [0.4, 0.5) is 16.2 Å². The van der Waals surface area contributed by atoms with Gasteiger partial charge in [0.25, 0.3) is 5.91 Å². The lowest BCUT2D eigenvalue weighted by Gasteiger charge is -2.34. The number of carbonyl (C=O) groups excluding carboxylic acids is 2. The molecule has 1 heterocycles. The van der Waals surface area contributed by atoms with E-state index in [1.54, 1.807) is 37.4 Å². The van der Waals surface area contributed by atoms with E-state index in [0.717, 1.165) is 50.8 Å². The largest absolute Gasteiger partial charge is 0.490 e. The highest BCUT2D eigenvalue weighted by atomic mass is 16.5. The summed E-state index contributed by atoms with van der Waals surface area (Å²) in [6.45, 7) is 9.53. The van der Waals surface area contributed by atoms with Crippen LogP contribution in [0.5, 0.6) is 17.2 Å². The topological polar surface area (TPSA) is 101 Å². The molecule has 4 rings (SSSR count). The fourth-order valence-corrected chi connectivity index (χ4v) is 5.16. The van der Waals surface area contributed by atoms with Crippen molar-refractivity contribution >= 4 is 23.3 Å². The molecule has 0 saturated carbocycles. The quantitative estimate of drug-likeness (QED) is 0.166. The molecule has 44 heavy (non-hydrogen) atoms. The normalized spacial score (nSPS) is 13.8. The first-order valence-corrected chi connectivity index (χ1v) is 15.6. The second-order valence-corrected chi connectivity index (χ2v) is 11.4. The number of nitrogens with zero attached hydrogens (tertiary/aromatic N) is 1. The van der Waals surface area contributed by atoms with E-state index in [2.05, 4.69) is 41.6 Å². The van der Waals surface area contributed by atoms with Crippen molar-refractivity contribution in [1.29, 1.82) is 0 Å². The van der Waals surface area contributed by atoms with Crippen LogP contribution in [0, 0.1) is 0 Å². The molecule has 0 radical (unpaired) electrons. The third-order valence-corrected chi connectivity index (χ3v) is 7.61. The Labute approximate surface area is 261 Å². The maximum atomic E-state index is 13.2. The molecular formula is C35H46N4O5. The van der Waals surface area contributed by atoms with E-state index in [1.165, 1.54) is 0 Å². The highest BCUT2D eigenvalue weighted by Crippen LogP contribution is 2.30. The van der Waals surface area contributed by atoms with E-state index < -0.39 is 0 Å². The van der Waals surface area contributed by atoms with E-state index in [4.69, 9.17) is 14.2 Å². The summed E-state index contributed by atoms with van der Waals surface area (Å²) in [5.74, 6) is 1.63. The lowest BCUT2D eigenvalue weighted by Crippen LogP contribution is -2.41. The smallest absolute Gasteiger partial charge is 0.319 e. The number of hydrogen-bond acceptors (Lipinski definition) is 6. The number of urea groups is 1. The van der Waals surface area contributed by atoms with E-state index in [0.29, 0.717) is 46.8 Å². The van der Waals surface area contributed by atoms with Crippen molar-refractivity contribution in [3.05, 3.63) is 77.9 Å². The third kappa shape index (κ3) is 9.99. The molecule has 1 aliphatic heterocycles. The molecule has 1 saturated heterocycles. The minimum absolute atomic E-state index is 0.150. The minimum atomic E-state index is -0.248. The Bertz CT molecular complexity index is 1370. The number of unbranched alkanes of at least 4 members (excludes halogenated alkanes) is 2. The van der Waals surface area contributed by atoms with E-state index in [9.17, 15) is 9.59 Å². The van der Waals surface area contributed by atoms with Crippen LogP contribution < -0.4 is 25.4 Å². The standard InChI is InChI=1S/C35H46N4O5/c1-5-6-7-18-36-35(41)38-28-11-9-13-32(23-28)44-33-15-14-29(21-27(33)24-42-4)37-34(40)26-10-8-12-31(22-26)43-30-16-19-39(20-17-30)25(2)3/h8-15,21-23,25,30H,5-7,16-20,24H2,1-4H3,(H,37,40)(H2,36,38,41). The summed E-state index contributed by atoms with van der Waals surface area (Å²) in [5, 5.41) is 8.71. The molecule has 1 fully saturated rings. The molecular weight excluding hydrogens is 556 g/mol. The molecule has 3 N–H and O–H groups in total. The minimum Gasteiger partial charge on any atom is -0.490 e. The Morgan fingerprint density at radius 3 is 2.41 bits per heavy atom. The summed E-state index contributed by atoms with van der Waals surface area (Å²) in [7, 11) is 1.61. The second kappa shape index (κ2) is 16.7. The van der Waals surface area contributed by atoms with Gasteiger partial charge in [-0.25, -0.2) is 4.79 Å². The molecule has 0 aliphatic carbocycles. The molecule has 0 spiro atoms. The van der Waals surface area contributed by atoms with Gasteiger partial charge in [-0.15, -0.1) is 0 Å². The number of carbonyl (C=O) groups is 2. The van der Waals surface area contributed by atoms with Crippen molar-refractivity contribution in [3.63, 3.8) is 0 Å². The van der Waals surface area contributed by atoms with E-state index in [-0.39, 0.29) is 24.6 Å². The van der Waals surface area contributed by atoms with Crippen LogP contribution in [-0.2, 0) is 11.3 Å². The Hall–Kier alpha value is -4.08. The zero-order valence-electron chi connectivity index (χ0n) is 26.4. The third-order valence-electron chi connectivity index (χ3n) is 7.61. The van der Waals surface area contributed by atoms with Crippen LogP contribution in [0.25, 0.3) is 0 Å². The van der Waals surface area contributed by atoms with Crippen LogP contribution in [0.2, 0.25) is 0 Å². The lowest BCUT2D eigenvalue weighted by molar-refractivity contribution is 0.0840. The molecule has 0 bridgehead atoms. The number of rotatable bonds is 14. The number of nitrogens with one attached hydrogen (secondary N) is 3. The van der Waals surface area contributed by atoms with Gasteiger partial charge in [-0.3, -0.25) is 4.79 Å². The Kier molecular flexibility index (Phi) is 12.4. The first-order chi connectivity index (χ1) is 21.3. The van der Waals surface area contributed by atoms with Gasteiger partial charge >= 0.3 is 6.03 Å². The van der Waals surface area contributed by atoms with Crippen molar-refractivity contribution in [1.82, 2.24) is 10.2 Å². The van der Waals surface area contributed by atoms with Crippen molar-refractivity contribution in [2.45, 2.75) is 71.6 Å². The zero-order valence-corrected chi connectivity index (χ0v) is 26.4. The van der Waals surface area contributed by atoms with Gasteiger partial charge in [-0.05, 0) is 81.6 Å². The molecule has 0 unspecified atom stereocenters. The van der Waals surface area contributed by atoms with Crippen molar-refractivity contribution < 1.29 is 23.8 Å². The molecule has 0 aromatic heterocycles. The summed E-state index contributed by atoms with van der Waals surface area (Å²) < 4.78 is 17.8. The molecule has 3 aromatic carbocycles. The number of hydrogen-bond donors (Lipinski definition) is 3.